The lowest BCUT2D eigenvalue weighted by Crippen LogP contribution is -2.30. The molecule has 0 saturated carbocycles. The van der Waals surface area contributed by atoms with Gasteiger partial charge in [0.15, 0.2) is 6.79 Å². The van der Waals surface area contributed by atoms with Crippen molar-refractivity contribution in [2.75, 3.05) is 33.1 Å². The quantitative estimate of drug-likeness (QED) is 0.817. The first-order valence-corrected chi connectivity index (χ1v) is 6.58. The number of aliphatic hydroxyl groups excluding tert-OH is 2. The van der Waals surface area contributed by atoms with E-state index in [1.165, 1.54) is 0 Å². The van der Waals surface area contributed by atoms with Gasteiger partial charge < -0.3 is 19.7 Å². The monoisotopic (exact) mass is 287 g/mol. The summed E-state index contributed by atoms with van der Waals surface area (Å²) in [5, 5.41) is 18.7. The van der Waals surface area contributed by atoms with Gasteiger partial charge in [0.1, 0.15) is 5.75 Å². The van der Waals surface area contributed by atoms with Crippen molar-refractivity contribution in [2.45, 2.75) is 13.2 Å². The first kappa shape index (κ1) is 14.6. The van der Waals surface area contributed by atoms with Gasteiger partial charge in [-0.3, -0.25) is 4.90 Å². The average Bonchev–Trinajstić information content (AvgIpc) is 2.39. The van der Waals surface area contributed by atoms with Gasteiger partial charge in [-0.05, 0) is 12.1 Å². The van der Waals surface area contributed by atoms with E-state index in [1.807, 2.05) is 17.0 Å². The molecule has 0 aromatic heterocycles. The zero-order chi connectivity index (χ0) is 13.7. The first-order valence-electron chi connectivity index (χ1n) is 6.20. The van der Waals surface area contributed by atoms with Crippen LogP contribution in [0.25, 0.3) is 0 Å². The maximum atomic E-state index is 9.03. The minimum Gasteiger partial charge on any atom is -0.467 e. The molecule has 0 fully saturated rings. The van der Waals surface area contributed by atoms with Crippen molar-refractivity contribution >= 4 is 11.6 Å². The average molecular weight is 288 g/mol. The highest BCUT2D eigenvalue weighted by Gasteiger charge is 2.18. The molecular formula is C13H18ClNO4. The fraction of sp³-hybridized carbons (Fsp3) is 0.538. The van der Waals surface area contributed by atoms with Crippen molar-refractivity contribution in [1.29, 1.82) is 0 Å². The van der Waals surface area contributed by atoms with Crippen LogP contribution in [0.5, 0.6) is 5.75 Å². The van der Waals surface area contributed by atoms with E-state index in [9.17, 15) is 0 Å². The van der Waals surface area contributed by atoms with E-state index in [4.69, 9.17) is 31.3 Å². The Morgan fingerprint density at radius 2 is 1.95 bits per heavy atom. The van der Waals surface area contributed by atoms with Gasteiger partial charge in [-0.1, -0.05) is 11.6 Å². The lowest BCUT2D eigenvalue weighted by atomic mass is 10.1. The number of rotatable bonds is 6. The molecule has 1 aliphatic heterocycles. The molecule has 0 aliphatic carbocycles. The Bertz CT molecular complexity index is 421. The summed E-state index contributed by atoms with van der Waals surface area (Å²) < 4.78 is 10.8. The van der Waals surface area contributed by atoms with E-state index >= 15 is 0 Å². The molecule has 0 unspecified atom stereocenters. The van der Waals surface area contributed by atoms with Crippen molar-refractivity contribution in [3.8, 4) is 5.75 Å². The highest BCUT2D eigenvalue weighted by Crippen LogP contribution is 2.32. The highest BCUT2D eigenvalue weighted by atomic mass is 35.5. The van der Waals surface area contributed by atoms with Gasteiger partial charge >= 0.3 is 0 Å². The summed E-state index contributed by atoms with van der Waals surface area (Å²) in [4.78, 5) is 1.95. The Kier molecular flexibility index (Phi) is 5.42. The SMILES string of the molecule is OCCN(CCO)Cc1cc(Cl)cc2c1OCOC2. The molecule has 0 atom stereocenters. The van der Waals surface area contributed by atoms with Crippen LogP contribution in [0.4, 0.5) is 0 Å². The summed E-state index contributed by atoms with van der Waals surface area (Å²) in [7, 11) is 0. The molecule has 0 spiro atoms. The van der Waals surface area contributed by atoms with Gasteiger partial charge in [-0.2, -0.15) is 0 Å². The molecule has 5 nitrogen and oxygen atoms in total. The second kappa shape index (κ2) is 7.07. The van der Waals surface area contributed by atoms with Gasteiger partial charge in [0.2, 0.25) is 0 Å². The molecule has 1 aliphatic rings. The Balaban J connectivity index is 2.20. The summed E-state index contributed by atoms with van der Waals surface area (Å²) in [5.74, 6) is 0.802. The number of nitrogens with zero attached hydrogens (tertiary/aromatic N) is 1. The zero-order valence-electron chi connectivity index (χ0n) is 10.6. The molecule has 106 valence electrons. The third-order valence-electron chi connectivity index (χ3n) is 2.98. The molecule has 6 heteroatoms. The fourth-order valence-electron chi connectivity index (χ4n) is 2.17. The minimum absolute atomic E-state index is 0.0483. The smallest absolute Gasteiger partial charge is 0.189 e. The number of hydrogen-bond acceptors (Lipinski definition) is 5. The van der Waals surface area contributed by atoms with E-state index in [0.29, 0.717) is 31.3 Å². The minimum atomic E-state index is 0.0483. The van der Waals surface area contributed by atoms with Gasteiger partial charge in [-0.15, -0.1) is 0 Å². The molecular weight excluding hydrogens is 270 g/mol. The Morgan fingerprint density at radius 1 is 1.21 bits per heavy atom. The van der Waals surface area contributed by atoms with Crippen molar-refractivity contribution in [1.82, 2.24) is 4.90 Å². The van der Waals surface area contributed by atoms with Crippen molar-refractivity contribution < 1.29 is 19.7 Å². The number of fused-ring (bicyclic) bond motifs is 1. The largest absolute Gasteiger partial charge is 0.467 e. The molecule has 0 saturated heterocycles. The first-order chi connectivity index (χ1) is 9.24. The molecule has 2 N–H and O–H groups in total. The summed E-state index contributed by atoms with van der Waals surface area (Å²) in [6.45, 7) is 2.39. The predicted molar refractivity (Wildman–Crippen MR) is 71.2 cm³/mol. The number of ether oxygens (including phenoxy) is 2. The Morgan fingerprint density at radius 3 is 2.63 bits per heavy atom. The molecule has 0 bridgehead atoms. The summed E-state index contributed by atoms with van der Waals surface area (Å²) in [5.41, 5.74) is 1.88. The summed E-state index contributed by atoms with van der Waals surface area (Å²) in [6.07, 6.45) is 0. The van der Waals surface area contributed by atoms with Gasteiger partial charge in [0.25, 0.3) is 0 Å². The van der Waals surface area contributed by atoms with Crippen molar-refractivity contribution in [2.24, 2.45) is 0 Å². The fourth-order valence-corrected chi connectivity index (χ4v) is 2.43. The van der Waals surface area contributed by atoms with E-state index in [1.54, 1.807) is 0 Å². The van der Waals surface area contributed by atoms with Crippen LogP contribution in [0.15, 0.2) is 12.1 Å². The highest BCUT2D eigenvalue weighted by molar-refractivity contribution is 6.30. The third-order valence-corrected chi connectivity index (χ3v) is 3.20. The van der Waals surface area contributed by atoms with Crippen LogP contribution in [-0.2, 0) is 17.9 Å². The summed E-state index contributed by atoms with van der Waals surface area (Å²) >= 11 is 6.09. The van der Waals surface area contributed by atoms with E-state index < -0.39 is 0 Å². The van der Waals surface area contributed by atoms with Crippen LogP contribution < -0.4 is 4.74 Å². The van der Waals surface area contributed by atoms with Crippen LogP contribution >= 0.6 is 11.6 Å². The molecule has 1 heterocycles. The lowest BCUT2D eigenvalue weighted by Gasteiger charge is -2.25. The topological polar surface area (TPSA) is 62.2 Å². The third kappa shape index (κ3) is 3.81. The van der Waals surface area contributed by atoms with E-state index in [-0.39, 0.29) is 20.0 Å². The number of aliphatic hydroxyl groups is 2. The van der Waals surface area contributed by atoms with Crippen molar-refractivity contribution in [3.05, 3.63) is 28.3 Å². The molecule has 0 amide bonds. The van der Waals surface area contributed by atoms with Crippen LogP contribution in [-0.4, -0.2) is 48.2 Å². The van der Waals surface area contributed by atoms with Gasteiger partial charge in [0, 0.05) is 35.8 Å². The zero-order valence-corrected chi connectivity index (χ0v) is 11.4. The van der Waals surface area contributed by atoms with Crippen LogP contribution in [0, 0.1) is 0 Å². The van der Waals surface area contributed by atoms with E-state index in [0.717, 1.165) is 16.9 Å². The predicted octanol–water partition coefficient (Wildman–Crippen LogP) is 0.993. The van der Waals surface area contributed by atoms with Crippen molar-refractivity contribution in [3.63, 3.8) is 0 Å². The summed E-state index contributed by atoms with van der Waals surface area (Å²) in [6, 6.07) is 3.69. The Labute approximate surface area is 117 Å². The van der Waals surface area contributed by atoms with Gasteiger partial charge in [-0.25, -0.2) is 0 Å². The maximum Gasteiger partial charge on any atom is 0.189 e. The Hall–Kier alpha value is -0.850. The number of benzene rings is 1. The second-order valence-corrected chi connectivity index (χ2v) is 4.82. The normalized spacial score (nSPS) is 14.3. The van der Waals surface area contributed by atoms with E-state index in [2.05, 4.69) is 0 Å². The van der Waals surface area contributed by atoms with Gasteiger partial charge in [0.05, 0.1) is 19.8 Å². The number of hydrogen-bond donors (Lipinski definition) is 2. The maximum absolute atomic E-state index is 9.03. The number of halogens is 1. The van der Waals surface area contributed by atoms with Crippen LogP contribution in [0.3, 0.4) is 0 Å². The molecule has 19 heavy (non-hydrogen) atoms. The molecule has 1 aromatic rings. The second-order valence-electron chi connectivity index (χ2n) is 4.39. The van der Waals surface area contributed by atoms with Crippen LogP contribution in [0.1, 0.15) is 11.1 Å². The standard InChI is InChI=1S/C13H18ClNO4/c14-12-5-10(7-15(1-3-16)2-4-17)13-11(6-12)8-18-9-19-13/h5-6,16-17H,1-4,7-9H2. The van der Waals surface area contributed by atoms with Crippen LogP contribution in [0.2, 0.25) is 5.02 Å². The molecule has 0 radical (unpaired) electrons. The lowest BCUT2D eigenvalue weighted by molar-refractivity contribution is -0.0175. The molecule has 2 rings (SSSR count). The molecule has 1 aromatic carbocycles.